The fraction of sp³-hybridized carbons (Fsp3) is 0.286. The maximum absolute atomic E-state index is 12.2. The van der Waals surface area contributed by atoms with Gasteiger partial charge >= 0.3 is 0 Å². The van der Waals surface area contributed by atoms with E-state index in [0.29, 0.717) is 17.5 Å². The minimum absolute atomic E-state index is 0.112. The van der Waals surface area contributed by atoms with Gasteiger partial charge in [0.15, 0.2) is 6.61 Å². The van der Waals surface area contributed by atoms with Gasteiger partial charge in [0, 0.05) is 17.2 Å². The molecule has 0 unspecified atom stereocenters. The zero-order valence-corrected chi connectivity index (χ0v) is 14.9. The van der Waals surface area contributed by atoms with Gasteiger partial charge in [-0.15, -0.1) is 10.2 Å². The third kappa shape index (κ3) is 4.34. The van der Waals surface area contributed by atoms with Gasteiger partial charge in [-0.3, -0.25) is 4.79 Å². The molecule has 0 radical (unpaired) electrons. The number of nitrogens with one attached hydrogen (secondary N) is 1. The Kier molecular flexibility index (Phi) is 5.14. The molecule has 138 valence electrons. The fourth-order valence-corrected chi connectivity index (χ4v) is 3.22. The summed E-state index contributed by atoms with van der Waals surface area (Å²) < 4.78 is 11.3. The number of aromatic nitrogens is 2. The van der Waals surface area contributed by atoms with Gasteiger partial charge in [0.2, 0.25) is 11.8 Å². The fourth-order valence-electron chi connectivity index (χ4n) is 3.22. The number of carbonyl (C=O) groups excluding carboxylic acids is 1. The molecule has 6 heteroatoms. The second-order valence-electron chi connectivity index (χ2n) is 6.65. The van der Waals surface area contributed by atoms with Crippen LogP contribution in [0.1, 0.15) is 31.6 Å². The van der Waals surface area contributed by atoms with Gasteiger partial charge in [0.1, 0.15) is 5.75 Å². The molecule has 1 heterocycles. The van der Waals surface area contributed by atoms with Crippen molar-refractivity contribution in [2.75, 3.05) is 5.32 Å². The molecular formula is C21H21N3O3. The molecular weight excluding hydrogens is 342 g/mol. The van der Waals surface area contributed by atoms with Gasteiger partial charge in [0.05, 0.1) is 0 Å². The summed E-state index contributed by atoms with van der Waals surface area (Å²) in [5, 5.41) is 11.0. The molecule has 27 heavy (non-hydrogen) atoms. The lowest BCUT2D eigenvalue weighted by Crippen LogP contribution is -2.20. The van der Waals surface area contributed by atoms with E-state index in [1.54, 1.807) is 0 Å². The molecule has 1 aliphatic rings. The Hall–Kier alpha value is -3.15. The van der Waals surface area contributed by atoms with E-state index in [-0.39, 0.29) is 18.4 Å². The molecule has 1 saturated carbocycles. The molecule has 4 rings (SSSR count). The lowest BCUT2D eigenvalue weighted by molar-refractivity contribution is -0.119. The molecule has 0 atom stereocenters. The number of carbonyl (C=O) groups is 1. The predicted octanol–water partition coefficient (Wildman–Crippen LogP) is 4.44. The van der Waals surface area contributed by atoms with Crippen LogP contribution in [0.5, 0.6) is 5.75 Å². The summed E-state index contributed by atoms with van der Waals surface area (Å²) in [4.78, 5) is 12.2. The van der Waals surface area contributed by atoms with Crippen molar-refractivity contribution in [1.82, 2.24) is 10.2 Å². The summed E-state index contributed by atoms with van der Waals surface area (Å²) in [5.74, 6) is 1.82. The molecule has 0 saturated heterocycles. The van der Waals surface area contributed by atoms with E-state index in [1.165, 1.54) is 0 Å². The summed E-state index contributed by atoms with van der Waals surface area (Å²) in [6.07, 6.45) is 4.27. The van der Waals surface area contributed by atoms with E-state index in [4.69, 9.17) is 9.15 Å². The van der Waals surface area contributed by atoms with Crippen molar-refractivity contribution < 1.29 is 13.9 Å². The van der Waals surface area contributed by atoms with E-state index < -0.39 is 0 Å². The highest BCUT2D eigenvalue weighted by molar-refractivity contribution is 5.92. The molecule has 1 aromatic heterocycles. The maximum atomic E-state index is 12.2. The highest BCUT2D eigenvalue weighted by Crippen LogP contribution is 2.26. The van der Waals surface area contributed by atoms with Gasteiger partial charge in [0.25, 0.3) is 5.89 Å². The molecule has 6 nitrogen and oxygen atoms in total. The normalized spacial score (nSPS) is 14.2. The first-order valence-electron chi connectivity index (χ1n) is 9.19. The van der Waals surface area contributed by atoms with Crippen LogP contribution >= 0.6 is 0 Å². The number of hydrogen-bond acceptors (Lipinski definition) is 5. The Bertz CT molecular complexity index is 885. The number of hydrogen-bond donors (Lipinski definition) is 1. The van der Waals surface area contributed by atoms with E-state index in [0.717, 1.165) is 36.9 Å². The van der Waals surface area contributed by atoms with Crippen molar-refractivity contribution in [2.45, 2.75) is 32.3 Å². The van der Waals surface area contributed by atoms with Crippen LogP contribution in [-0.2, 0) is 11.4 Å². The van der Waals surface area contributed by atoms with Crippen molar-refractivity contribution in [1.29, 1.82) is 0 Å². The summed E-state index contributed by atoms with van der Waals surface area (Å²) in [6.45, 7) is 0.188. The van der Waals surface area contributed by atoms with Crippen molar-refractivity contribution in [3.63, 3.8) is 0 Å². The SMILES string of the molecule is O=C(Nc1ccc(OCc2nnc(-c3ccccc3)o2)cc1)C1CCCC1. The first-order valence-corrected chi connectivity index (χ1v) is 9.19. The minimum Gasteiger partial charge on any atom is -0.484 e. The Morgan fingerprint density at radius 2 is 1.78 bits per heavy atom. The van der Waals surface area contributed by atoms with Crippen LogP contribution in [0.25, 0.3) is 11.5 Å². The monoisotopic (exact) mass is 363 g/mol. The number of anilines is 1. The van der Waals surface area contributed by atoms with Crippen molar-refractivity contribution in [3.8, 4) is 17.2 Å². The average Bonchev–Trinajstić information content (AvgIpc) is 3.40. The second kappa shape index (κ2) is 8.03. The van der Waals surface area contributed by atoms with Crippen LogP contribution in [0.4, 0.5) is 5.69 Å². The molecule has 1 amide bonds. The summed E-state index contributed by atoms with van der Waals surface area (Å²) in [7, 11) is 0. The number of benzene rings is 2. The largest absolute Gasteiger partial charge is 0.484 e. The smallest absolute Gasteiger partial charge is 0.254 e. The van der Waals surface area contributed by atoms with Crippen LogP contribution in [0.2, 0.25) is 0 Å². The zero-order chi connectivity index (χ0) is 18.5. The second-order valence-corrected chi connectivity index (χ2v) is 6.65. The number of rotatable bonds is 6. The Labute approximate surface area is 157 Å². The van der Waals surface area contributed by atoms with E-state index in [9.17, 15) is 4.79 Å². The van der Waals surface area contributed by atoms with Crippen molar-refractivity contribution >= 4 is 11.6 Å². The van der Waals surface area contributed by atoms with Crippen LogP contribution in [-0.4, -0.2) is 16.1 Å². The average molecular weight is 363 g/mol. The minimum atomic E-state index is 0.112. The molecule has 1 aliphatic carbocycles. The van der Waals surface area contributed by atoms with Gasteiger partial charge in [-0.2, -0.15) is 0 Å². The summed E-state index contributed by atoms with van der Waals surface area (Å²) in [6, 6.07) is 16.9. The van der Waals surface area contributed by atoms with Crippen LogP contribution in [0.15, 0.2) is 59.0 Å². The highest BCUT2D eigenvalue weighted by atomic mass is 16.5. The van der Waals surface area contributed by atoms with Gasteiger partial charge < -0.3 is 14.5 Å². The molecule has 2 aromatic carbocycles. The number of nitrogens with zero attached hydrogens (tertiary/aromatic N) is 2. The number of amides is 1. The molecule has 3 aromatic rings. The maximum Gasteiger partial charge on any atom is 0.254 e. The number of ether oxygens (including phenoxy) is 1. The predicted molar refractivity (Wildman–Crippen MR) is 101 cm³/mol. The third-order valence-electron chi connectivity index (χ3n) is 4.70. The molecule has 1 fully saturated rings. The summed E-state index contributed by atoms with van der Waals surface area (Å²) in [5.41, 5.74) is 1.65. The molecule has 0 spiro atoms. The van der Waals surface area contributed by atoms with Crippen LogP contribution in [0.3, 0.4) is 0 Å². The van der Waals surface area contributed by atoms with E-state index >= 15 is 0 Å². The Morgan fingerprint density at radius 3 is 2.52 bits per heavy atom. The van der Waals surface area contributed by atoms with Crippen molar-refractivity contribution in [3.05, 3.63) is 60.5 Å². The lowest BCUT2D eigenvalue weighted by atomic mass is 10.1. The van der Waals surface area contributed by atoms with Gasteiger partial charge in [-0.25, -0.2) is 0 Å². The van der Waals surface area contributed by atoms with Gasteiger partial charge in [-0.05, 0) is 49.2 Å². The summed E-state index contributed by atoms with van der Waals surface area (Å²) >= 11 is 0. The Morgan fingerprint density at radius 1 is 1.04 bits per heavy atom. The topological polar surface area (TPSA) is 77.2 Å². The standard InChI is InChI=1S/C21H21N3O3/c25-20(15-6-4-5-7-15)22-17-10-12-18(13-11-17)26-14-19-23-24-21(27-19)16-8-2-1-3-9-16/h1-3,8-13,15H,4-7,14H2,(H,22,25). The first-order chi connectivity index (χ1) is 13.3. The van der Waals surface area contributed by atoms with Crippen LogP contribution in [0, 0.1) is 5.92 Å². The lowest BCUT2D eigenvalue weighted by Gasteiger charge is -2.11. The first kappa shape index (κ1) is 17.3. The molecule has 0 aliphatic heterocycles. The Balaban J connectivity index is 1.31. The molecule has 0 bridgehead atoms. The van der Waals surface area contributed by atoms with Gasteiger partial charge in [-0.1, -0.05) is 31.0 Å². The third-order valence-corrected chi connectivity index (χ3v) is 4.70. The highest BCUT2D eigenvalue weighted by Gasteiger charge is 2.22. The zero-order valence-electron chi connectivity index (χ0n) is 14.9. The van der Waals surface area contributed by atoms with Crippen LogP contribution < -0.4 is 10.1 Å². The van der Waals surface area contributed by atoms with Crippen molar-refractivity contribution in [2.24, 2.45) is 5.92 Å². The van der Waals surface area contributed by atoms with E-state index in [2.05, 4.69) is 15.5 Å². The molecule has 1 N–H and O–H groups in total. The van der Waals surface area contributed by atoms with E-state index in [1.807, 2.05) is 54.6 Å². The quantitative estimate of drug-likeness (QED) is 0.700.